The predicted molar refractivity (Wildman–Crippen MR) is 178 cm³/mol. The van der Waals surface area contributed by atoms with E-state index in [4.69, 9.17) is 0 Å². The molecule has 0 spiro atoms. The molecule has 194 valence electrons. The van der Waals surface area contributed by atoms with Crippen molar-refractivity contribution in [3.63, 3.8) is 0 Å². The molecule has 3 aliphatic heterocycles. The average molecular weight is 543 g/mol. The van der Waals surface area contributed by atoms with Crippen molar-refractivity contribution in [3.05, 3.63) is 115 Å². The van der Waals surface area contributed by atoms with E-state index < -0.39 is 10.0 Å². The highest BCUT2D eigenvalue weighted by Crippen LogP contribution is 2.67. The Balaban J connectivity index is 1.44. The molecule has 1 aromatic heterocycles. The van der Waals surface area contributed by atoms with E-state index >= 15 is 0 Å². The minimum atomic E-state index is -1.19. The van der Waals surface area contributed by atoms with Crippen LogP contribution in [0.15, 0.2) is 119 Å². The van der Waals surface area contributed by atoms with E-state index in [1.54, 1.807) is 0 Å². The molecule has 0 bridgehead atoms. The molecule has 0 atom stereocenters. The van der Waals surface area contributed by atoms with Crippen molar-refractivity contribution in [3.8, 4) is 11.1 Å². The Morgan fingerprint density at radius 2 is 1.44 bits per heavy atom. The van der Waals surface area contributed by atoms with Crippen LogP contribution >= 0.6 is 10.0 Å². The molecule has 0 unspecified atom stereocenters. The van der Waals surface area contributed by atoms with Gasteiger partial charge in [0.2, 0.25) is 0 Å². The number of rotatable bonds is 0. The van der Waals surface area contributed by atoms with Gasteiger partial charge in [-0.25, -0.2) is 0 Å². The summed E-state index contributed by atoms with van der Waals surface area (Å²) < 4.78 is 2.68. The van der Waals surface area contributed by atoms with Gasteiger partial charge < -0.3 is 9.38 Å². The van der Waals surface area contributed by atoms with E-state index in [2.05, 4.69) is 138 Å². The Labute approximate surface area is 241 Å². The summed E-state index contributed by atoms with van der Waals surface area (Å²) in [5, 5.41) is 5.35. The lowest BCUT2D eigenvalue weighted by atomic mass is 9.45. The van der Waals surface area contributed by atoms with Gasteiger partial charge in [0.25, 0.3) is 0 Å². The maximum atomic E-state index is 2.68. The van der Waals surface area contributed by atoms with Gasteiger partial charge >= 0.3 is 6.85 Å². The Hall–Kier alpha value is -4.41. The van der Waals surface area contributed by atoms with Gasteiger partial charge in [-0.05, 0) is 82.6 Å². The standard InChI is InChI=1S/C37H27BN2S/c1-22-20-27-25-12-8-13-26-34-24-11-5-4-10-23(24)18-19-30(34)40(36(25)26)38-28-14-9-17-33-37(28)39(31(21-22)35(27)38)29-15-6-7-16-32(29)41(33,2)3/h4-21H,1-3H3. The molecule has 0 radical (unpaired) electrons. The predicted octanol–water partition coefficient (Wildman–Crippen LogP) is 8.47. The molecule has 0 saturated heterocycles. The fourth-order valence-corrected chi connectivity index (χ4v) is 10.7. The molecule has 6 aromatic carbocycles. The monoisotopic (exact) mass is 542 g/mol. The van der Waals surface area contributed by atoms with Gasteiger partial charge in [0.05, 0.1) is 11.4 Å². The van der Waals surface area contributed by atoms with Crippen molar-refractivity contribution in [2.75, 3.05) is 17.4 Å². The van der Waals surface area contributed by atoms with Crippen LogP contribution in [0, 0.1) is 6.92 Å². The van der Waals surface area contributed by atoms with Crippen LogP contribution in [-0.2, 0) is 0 Å². The van der Waals surface area contributed by atoms with Crippen LogP contribution in [0.5, 0.6) is 0 Å². The number of hydrogen-bond acceptors (Lipinski definition) is 1. The van der Waals surface area contributed by atoms with Crippen molar-refractivity contribution < 1.29 is 0 Å². The summed E-state index contributed by atoms with van der Waals surface area (Å²) in [7, 11) is -1.19. The van der Waals surface area contributed by atoms with Gasteiger partial charge in [-0.2, -0.15) is 10.0 Å². The Bertz CT molecular complexity index is 2330. The van der Waals surface area contributed by atoms with E-state index in [0.29, 0.717) is 0 Å². The highest BCUT2D eigenvalue weighted by atomic mass is 32.3. The van der Waals surface area contributed by atoms with E-state index in [-0.39, 0.29) is 6.85 Å². The number of hydrogen-bond donors (Lipinski definition) is 0. The average Bonchev–Trinajstić information content (AvgIpc) is 3.34. The van der Waals surface area contributed by atoms with Gasteiger partial charge in [-0.3, -0.25) is 0 Å². The zero-order chi connectivity index (χ0) is 27.2. The second kappa shape index (κ2) is 7.26. The molecule has 2 nitrogen and oxygen atoms in total. The maximum absolute atomic E-state index is 2.68. The first-order valence-electron chi connectivity index (χ1n) is 14.4. The summed E-state index contributed by atoms with van der Waals surface area (Å²) >= 11 is 0. The molecule has 4 heterocycles. The summed E-state index contributed by atoms with van der Waals surface area (Å²) in [5.74, 6) is 0. The highest BCUT2D eigenvalue weighted by molar-refractivity contribution is 8.33. The fraction of sp³-hybridized carbons (Fsp3) is 0.0811. The minimum absolute atomic E-state index is 0.114. The van der Waals surface area contributed by atoms with Crippen LogP contribution < -0.4 is 15.8 Å². The number of fused-ring (bicyclic) bond motifs is 11. The zero-order valence-electron chi connectivity index (χ0n) is 23.3. The normalized spacial score (nSPS) is 16.1. The molecule has 0 saturated carbocycles. The topological polar surface area (TPSA) is 8.17 Å². The first-order valence-corrected chi connectivity index (χ1v) is 16.8. The number of aromatic nitrogens is 1. The van der Waals surface area contributed by atoms with Crippen molar-refractivity contribution in [1.29, 1.82) is 0 Å². The smallest absolute Gasteiger partial charge is 0.333 e. The van der Waals surface area contributed by atoms with Crippen molar-refractivity contribution in [2.45, 2.75) is 16.7 Å². The van der Waals surface area contributed by atoms with Gasteiger partial charge in [-0.1, -0.05) is 78.9 Å². The number of benzene rings is 6. The number of nitrogens with zero attached hydrogens (tertiary/aromatic N) is 2. The van der Waals surface area contributed by atoms with Gasteiger partial charge in [0, 0.05) is 42.8 Å². The SMILES string of the molecule is Cc1cc2c3c(c1)N1c4ccccc4S(C)(C)c4cccc(c41)B3n1c3ccc4ccccc4c3c3cccc-2c31. The lowest BCUT2D eigenvalue weighted by Gasteiger charge is -2.49. The van der Waals surface area contributed by atoms with Gasteiger partial charge in [0.1, 0.15) is 0 Å². The molecule has 0 fully saturated rings. The van der Waals surface area contributed by atoms with Crippen LogP contribution in [0.2, 0.25) is 0 Å². The molecule has 4 heteroatoms. The molecule has 10 rings (SSSR count). The van der Waals surface area contributed by atoms with E-state index in [9.17, 15) is 0 Å². The number of anilines is 3. The van der Waals surface area contributed by atoms with E-state index in [1.165, 1.54) is 87.0 Å². The zero-order valence-corrected chi connectivity index (χ0v) is 24.1. The van der Waals surface area contributed by atoms with Crippen LogP contribution in [-0.4, -0.2) is 23.8 Å². The number of para-hydroxylation sites is 3. The van der Waals surface area contributed by atoms with Crippen molar-refractivity contribution >= 4 is 77.4 Å². The summed E-state index contributed by atoms with van der Waals surface area (Å²) in [5.41, 5.74) is 13.6. The Morgan fingerprint density at radius 1 is 0.659 bits per heavy atom. The molecule has 3 aliphatic rings. The fourth-order valence-electron chi connectivity index (χ4n) is 8.23. The lowest BCUT2D eigenvalue weighted by Crippen LogP contribution is -2.57. The lowest BCUT2D eigenvalue weighted by molar-refractivity contribution is 1.14. The largest absolute Gasteiger partial charge is 0.375 e. The second-order valence-electron chi connectivity index (χ2n) is 12.2. The third-order valence-electron chi connectivity index (χ3n) is 9.83. The Kier molecular flexibility index (Phi) is 3.95. The summed E-state index contributed by atoms with van der Waals surface area (Å²) in [4.78, 5) is 5.56. The molecule has 0 amide bonds. The molecule has 41 heavy (non-hydrogen) atoms. The quantitative estimate of drug-likeness (QED) is 0.175. The summed E-state index contributed by atoms with van der Waals surface area (Å²) in [6, 6.07) is 41.6. The van der Waals surface area contributed by atoms with Gasteiger partial charge in [0.15, 0.2) is 0 Å². The first kappa shape index (κ1) is 22.3. The first-order chi connectivity index (χ1) is 20.0. The molecule has 0 aliphatic carbocycles. The second-order valence-corrected chi connectivity index (χ2v) is 15.8. The van der Waals surface area contributed by atoms with Crippen molar-refractivity contribution in [1.82, 2.24) is 4.48 Å². The third-order valence-corrected chi connectivity index (χ3v) is 12.7. The van der Waals surface area contributed by atoms with Crippen LogP contribution in [0.3, 0.4) is 0 Å². The summed E-state index contributed by atoms with van der Waals surface area (Å²) in [6.07, 6.45) is 4.95. The van der Waals surface area contributed by atoms with Crippen LogP contribution in [0.25, 0.3) is 43.7 Å². The highest BCUT2D eigenvalue weighted by Gasteiger charge is 2.46. The molecular formula is C37H27BN2S. The molecule has 7 aromatic rings. The van der Waals surface area contributed by atoms with Crippen LogP contribution in [0.1, 0.15) is 5.56 Å². The van der Waals surface area contributed by atoms with E-state index in [0.717, 1.165) is 0 Å². The van der Waals surface area contributed by atoms with Crippen molar-refractivity contribution in [2.24, 2.45) is 0 Å². The molecular weight excluding hydrogens is 515 g/mol. The minimum Gasteiger partial charge on any atom is -0.375 e. The van der Waals surface area contributed by atoms with E-state index in [1.807, 2.05) is 0 Å². The van der Waals surface area contributed by atoms with Gasteiger partial charge in [-0.15, -0.1) is 0 Å². The van der Waals surface area contributed by atoms with Crippen LogP contribution in [0.4, 0.5) is 17.1 Å². The third kappa shape index (κ3) is 2.51. The Morgan fingerprint density at radius 3 is 2.37 bits per heavy atom. The maximum Gasteiger partial charge on any atom is 0.333 e. The summed E-state index contributed by atoms with van der Waals surface area (Å²) in [6.45, 7) is 2.37. The number of aryl methyl sites for hydroxylation is 1. The molecule has 0 N–H and O–H groups in total.